The minimum absolute atomic E-state index is 0.184. The highest BCUT2D eigenvalue weighted by atomic mass is 16.6. The molecular formula is C27H36N6O3. The molecule has 2 amide bonds. The van der Waals surface area contributed by atoms with Crippen molar-refractivity contribution in [1.82, 2.24) is 14.8 Å². The number of carbonyl (C=O) groups excluding carboxylic acids is 2. The summed E-state index contributed by atoms with van der Waals surface area (Å²) in [4.78, 5) is 34.1. The van der Waals surface area contributed by atoms with Crippen molar-refractivity contribution in [3.8, 4) is 11.9 Å². The van der Waals surface area contributed by atoms with Crippen LogP contribution >= 0.6 is 0 Å². The number of anilines is 2. The van der Waals surface area contributed by atoms with Crippen LogP contribution in [0.3, 0.4) is 0 Å². The Hall–Kier alpha value is -3.51. The molecule has 1 aromatic carbocycles. The summed E-state index contributed by atoms with van der Waals surface area (Å²) in [6.45, 7) is 6.13. The summed E-state index contributed by atoms with van der Waals surface area (Å²) in [5, 5.41) is 11.9. The van der Waals surface area contributed by atoms with Crippen molar-refractivity contribution >= 4 is 23.4 Å². The van der Waals surface area contributed by atoms with Gasteiger partial charge in [0.05, 0.1) is 23.5 Å². The molecule has 9 heteroatoms. The lowest BCUT2D eigenvalue weighted by atomic mass is 9.88. The molecule has 0 unspecified atom stereocenters. The number of hydrogen-bond donors (Lipinski definition) is 2. The van der Waals surface area contributed by atoms with Gasteiger partial charge in [-0.15, -0.1) is 0 Å². The number of nitriles is 1. The Morgan fingerprint density at radius 3 is 2.50 bits per heavy atom. The van der Waals surface area contributed by atoms with Gasteiger partial charge < -0.3 is 24.4 Å². The quantitative estimate of drug-likeness (QED) is 0.632. The second kappa shape index (κ2) is 11.5. The summed E-state index contributed by atoms with van der Waals surface area (Å²) in [5.74, 6) is 1.48. The number of H-pyrrole nitrogens is 1. The maximum atomic E-state index is 12.6. The molecule has 0 atom stereocenters. The van der Waals surface area contributed by atoms with E-state index in [1.807, 2.05) is 36.0 Å². The number of amides is 2. The van der Waals surface area contributed by atoms with E-state index in [-0.39, 0.29) is 11.8 Å². The van der Waals surface area contributed by atoms with Crippen LogP contribution in [0.4, 0.5) is 16.2 Å². The molecule has 2 fully saturated rings. The van der Waals surface area contributed by atoms with E-state index in [2.05, 4.69) is 34.3 Å². The number of aromatic amines is 1. The fourth-order valence-electron chi connectivity index (χ4n) is 4.98. The van der Waals surface area contributed by atoms with E-state index in [9.17, 15) is 9.59 Å². The molecule has 2 aliphatic heterocycles. The third-order valence-electron chi connectivity index (χ3n) is 7.14. The molecule has 36 heavy (non-hydrogen) atoms. The van der Waals surface area contributed by atoms with Gasteiger partial charge in [-0.25, -0.2) is 4.79 Å². The van der Waals surface area contributed by atoms with E-state index in [0.717, 1.165) is 57.5 Å². The second-order valence-electron chi connectivity index (χ2n) is 10.2. The van der Waals surface area contributed by atoms with Gasteiger partial charge in [-0.3, -0.25) is 10.1 Å². The molecule has 4 rings (SSSR count). The summed E-state index contributed by atoms with van der Waals surface area (Å²) < 4.78 is 5.35. The Kier molecular flexibility index (Phi) is 8.16. The van der Waals surface area contributed by atoms with E-state index in [4.69, 9.17) is 10.00 Å². The first kappa shape index (κ1) is 25.6. The minimum Gasteiger partial charge on any atom is -0.393 e. The smallest absolute Gasteiger partial charge is 0.393 e. The normalized spacial score (nSPS) is 17.2. The Bertz CT molecular complexity index is 1100. The predicted octanol–water partition coefficient (Wildman–Crippen LogP) is 4.00. The van der Waals surface area contributed by atoms with Crippen molar-refractivity contribution in [1.29, 1.82) is 5.26 Å². The first-order valence-electron chi connectivity index (χ1n) is 12.7. The Morgan fingerprint density at radius 1 is 1.14 bits per heavy atom. The van der Waals surface area contributed by atoms with Gasteiger partial charge in [-0.2, -0.15) is 5.26 Å². The summed E-state index contributed by atoms with van der Waals surface area (Å²) in [5.41, 5.74) is 3.36. The number of piperidine rings is 2. The third-order valence-corrected chi connectivity index (χ3v) is 7.14. The minimum atomic E-state index is -0.603. The monoisotopic (exact) mass is 492 g/mol. The number of rotatable bonds is 6. The number of aromatic nitrogens is 1. The highest BCUT2D eigenvalue weighted by Crippen LogP contribution is 2.36. The average molecular weight is 493 g/mol. The van der Waals surface area contributed by atoms with Gasteiger partial charge in [-0.1, -0.05) is 13.0 Å². The molecule has 9 nitrogen and oxygen atoms in total. The standard InChI is InChI=1S/C27H36N6O3/c1-19-6-10-32(11-7-19)24-15-22(21-8-12-33(13-9-21)26(34)18-31(2)3)4-5-23(24)30-27(35)36-25-14-20(16-28)17-29-25/h4-5,14-15,17,19,21,29H,6-13,18H2,1-3H3,(H,30,35). The van der Waals surface area contributed by atoms with Gasteiger partial charge in [0.2, 0.25) is 11.8 Å². The van der Waals surface area contributed by atoms with Gasteiger partial charge in [0.1, 0.15) is 6.07 Å². The van der Waals surface area contributed by atoms with Crippen LogP contribution in [-0.4, -0.2) is 73.6 Å². The molecule has 0 bridgehead atoms. The van der Waals surface area contributed by atoms with Crippen LogP contribution < -0.4 is 15.0 Å². The van der Waals surface area contributed by atoms with Crippen molar-refractivity contribution < 1.29 is 14.3 Å². The summed E-state index contributed by atoms with van der Waals surface area (Å²) >= 11 is 0. The number of ether oxygens (including phenoxy) is 1. The van der Waals surface area contributed by atoms with E-state index in [1.54, 1.807) is 0 Å². The van der Waals surface area contributed by atoms with Gasteiger partial charge in [0.15, 0.2) is 0 Å². The number of likely N-dealkylation sites (N-methyl/N-ethyl adjacent to an activating group) is 1. The Morgan fingerprint density at radius 2 is 1.86 bits per heavy atom. The topological polar surface area (TPSA) is 105 Å². The largest absolute Gasteiger partial charge is 0.418 e. The van der Waals surface area contributed by atoms with E-state index < -0.39 is 6.09 Å². The highest BCUT2D eigenvalue weighted by Gasteiger charge is 2.26. The Balaban J connectivity index is 1.48. The number of carbonyl (C=O) groups is 2. The zero-order valence-corrected chi connectivity index (χ0v) is 21.4. The summed E-state index contributed by atoms with van der Waals surface area (Å²) in [6.07, 6.45) is 4.97. The van der Waals surface area contributed by atoms with Crippen molar-refractivity contribution in [2.45, 2.75) is 38.5 Å². The van der Waals surface area contributed by atoms with Crippen molar-refractivity contribution in [2.24, 2.45) is 5.92 Å². The van der Waals surface area contributed by atoms with Gasteiger partial charge in [0, 0.05) is 38.4 Å². The lowest BCUT2D eigenvalue weighted by Crippen LogP contribution is -2.42. The molecule has 0 aliphatic carbocycles. The number of nitrogens with zero attached hydrogens (tertiary/aromatic N) is 4. The average Bonchev–Trinajstić information content (AvgIpc) is 3.32. The lowest BCUT2D eigenvalue weighted by molar-refractivity contribution is -0.132. The van der Waals surface area contributed by atoms with Crippen molar-refractivity contribution in [2.75, 3.05) is 57.0 Å². The molecule has 3 heterocycles. The maximum Gasteiger partial charge on any atom is 0.418 e. The van der Waals surface area contributed by atoms with E-state index in [1.165, 1.54) is 17.8 Å². The Labute approximate surface area is 213 Å². The van der Waals surface area contributed by atoms with Gasteiger partial charge in [0.25, 0.3) is 0 Å². The molecule has 2 aliphatic rings. The molecular weight excluding hydrogens is 456 g/mol. The van der Waals surface area contributed by atoms with Gasteiger partial charge in [-0.05, 0) is 69.3 Å². The van der Waals surface area contributed by atoms with Crippen molar-refractivity contribution in [3.05, 3.63) is 41.6 Å². The second-order valence-corrected chi connectivity index (χ2v) is 10.2. The number of likely N-dealkylation sites (tertiary alicyclic amines) is 1. The van der Waals surface area contributed by atoms with Crippen LogP contribution in [0.2, 0.25) is 0 Å². The van der Waals surface area contributed by atoms with Crippen LogP contribution in [-0.2, 0) is 4.79 Å². The van der Waals surface area contributed by atoms with Crippen LogP contribution in [0.5, 0.6) is 5.88 Å². The third kappa shape index (κ3) is 6.38. The van der Waals surface area contributed by atoms with Crippen LogP contribution in [0.1, 0.15) is 49.7 Å². The first-order chi connectivity index (χ1) is 17.3. The highest BCUT2D eigenvalue weighted by molar-refractivity contribution is 5.91. The molecule has 2 aromatic rings. The van der Waals surface area contributed by atoms with E-state index >= 15 is 0 Å². The molecule has 192 valence electrons. The van der Waals surface area contributed by atoms with Crippen LogP contribution in [0.25, 0.3) is 0 Å². The summed E-state index contributed by atoms with van der Waals surface area (Å²) in [6, 6.07) is 9.74. The molecule has 2 saturated heterocycles. The number of hydrogen-bond acceptors (Lipinski definition) is 6. The zero-order valence-electron chi connectivity index (χ0n) is 21.4. The van der Waals surface area contributed by atoms with Crippen LogP contribution in [0.15, 0.2) is 30.5 Å². The molecule has 0 spiro atoms. The predicted molar refractivity (Wildman–Crippen MR) is 139 cm³/mol. The van der Waals surface area contributed by atoms with Crippen LogP contribution in [0, 0.1) is 17.2 Å². The maximum absolute atomic E-state index is 12.6. The molecule has 0 saturated carbocycles. The molecule has 2 N–H and O–H groups in total. The van der Waals surface area contributed by atoms with E-state index in [0.29, 0.717) is 29.6 Å². The number of benzene rings is 1. The molecule has 1 aromatic heterocycles. The SMILES string of the molecule is CC1CCN(c2cc(C3CCN(C(=O)CN(C)C)CC3)ccc2NC(=O)Oc2cc(C#N)c[nH]2)CC1. The van der Waals surface area contributed by atoms with Crippen molar-refractivity contribution in [3.63, 3.8) is 0 Å². The number of nitrogens with one attached hydrogen (secondary N) is 2. The summed E-state index contributed by atoms with van der Waals surface area (Å²) in [7, 11) is 3.83. The fraction of sp³-hybridized carbons (Fsp3) is 0.519. The van der Waals surface area contributed by atoms with Gasteiger partial charge >= 0.3 is 6.09 Å². The molecule has 0 radical (unpaired) electrons. The fourth-order valence-corrected chi connectivity index (χ4v) is 4.98. The first-order valence-corrected chi connectivity index (χ1v) is 12.7. The zero-order chi connectivity index (χ0) is 25.7. The lowest BCUT2D eigenvalue weighted by Gasteiger charge is -2.35.